The Kier molecular flexibility index (Phi) is 4.90. The molecule has 0 radical (unpaired) electrons. The highest BCUT2D eigenvalue weighted by Gasteiger charge is 2.19. The van der Waals surface area contributed by atoms with Gasteiger partial charge in [0.15, 0.2) is 5.16 Å². The zero-order valence-electron chi connectivity index (χ0n) is 12.0. The normalized spacial score (nSPS) is 11.1. The third-order valence-corrected chi connectivity index (χ3v) is 4.30. The van der Waals surface area contributed by atoms with Gasteiger partial charge in [0.1, 0.15) is 5.82 Å². The Balaban J connectivity index is 2.55. The van der Waals surface area contributed by atoms with E-state index in [9.17, 15) is 4.79 Å². The summed E-state index contributed by atoms with van der Waals surface area (Å²) < 4.78 is 1.89. The number of carboxylic acid groups (broad SMARTS) is 1. The van der Waals surface area contributed by atoms with Gasteiger partial charge >= 0.3 is 5.97 Å². The summed E-state index contributed by atoms with van der Waals surface area (Å²) in [6, 6.07) is 5.62. The molecule has 21 heavy (non-hydrogen) atoms. The highest BCUT2D eigenvalue weighted by atomic mass is 35.5. The molecule has 5 nitrogen and oxygen atoms in total. The Morgan fingerprint density at radius 3 is 2.76 bits per heavy atom. The lowest BCUT2D eigenvalue weighted by molar-refractivity contribution is -0.133. The minimum atomic E-state index is -0.886. The first kappa shape index (κ1) is 15.9. The SMILES string of the molecule is Cc1c(Cl)cccc1-n1c(SCC(=O)O)nnc1C(C)C. The van der Waals surface area contributed by atoms with E-state index < -0.39 is 5.97 Å². The van der Waals surface area contributed by atoms with Crippen molar-refractivity contribution in [3.8, 4) is 5.69 Å². The van der Waals surface area contributed by atoms with Gasteiger partial charge in [-0.2, -0.15) is 0 Å². The predicted octanol–water partition coefficient (Wildman–Crippen LogP) is 3.53. The average Bonchev–Trinajstić information content (AvgIpc) is 2.83. The number of hydrogen-bond donors (Lipinski definition) is 1. The molecule has 0 unspecified atom stereocenters. The van der Waals surface area contributed by atoms with E-state index in [4.69, 9.17) is 16.7 Å². The van der Waals surface area contributed by atoms with E-state index in [0.717, 1.165) is 28.8 Å². The Labute approximate surface area is 132 Å². The van der Waals surface area contributed by atoms with Crippen LogP contribution in [0.5, 0.6) is 0 Å². The molecule has 1 N–H and O–H groups in total. The zero-order chi connectivity index (χ0) is 15.6. The molecule has 2 aromatic rings. The summed E-state index contributed by atoms with van der Waals surface area (Å²) in [5, 5.41) is 18.4. The molecule has 0 saturated heterocycles. The smallest absolute Gasteiger partial charge is 0.313 e. The Bertz CT molecular complexity index is 670. The molecular weight excluding hydrogens is 310 g/mol. The topological polar surface area (TPSA) is 68.0 Å². The number of aliphatic carboxylic acids is 1. The van der Waals surface area contributed by atoms with Crippen molar-refractivity contribution in [3.05, 3.63) is 34.6 Å². The molecule has 0 bridgehead atoms. The van der Waals surface area contributed by atoms with Crippen molar-refractivity contribution in [1.29, 1.82) is 0 Å². The summed E-state index contributed by atoms with van der Waals surface area (Å²) in [7, 11) is 0. The van der Waals surface area contributed by atoms with Gasteiger partial charge < -0.3 is 5.11 Å². The lowest BCUT2D eigenvalue weighted by Crippen LogP contribution is -2.07. The van der Waals surface area contributed by atoms with E-state index in [0.29, 0.717) is 10.2 Å². The second kappa shape index (κ2) is 6.49. The number of rotatable bonds is 5. The van der Waals surface area contributed by atoms with Crippen LogP contribution in [0.4, 0.5) is 0 Å². The van der Waals surface area contributed by atoms with Gasteiger partial charge in [0.25, 0.3) is 0 Å². The average molecular weight is 326 g/mol. The highest BCUT2D eigenvalue weighted by Crippen LogP contribution is 2.29. The molecule has 0 spiro atoms. The standard InChI is InChI=1S/C14H16ClN3O2S/c1-8(2)13-16-17-14(21-7-12(19)20)18(13)11-6-4-5-10(15)9(11)3/h4-6,8H,7H2,1-3H3,(H,19,20). The van der Waals surface area contributed by atoms with Crippen LogP contribution in [0.3, 0.4) is 0 Å². The van der Waals surface area contributed by atoms with Crippen molar-refractivity contribution < 1.29 is 9.90 Å². The monoisotopic (exact) mass is 325 g/mol. The van der Waals surface area contributed by atoms with Gasteiger partial charge in [-0.1, -0.05) is 43.3 Å². The number of benzene rings is 1. The summed E-state index contributed by atoms with van der Waals surface area (Å²) in [6.07, 6.45) is 0. The van der Waals surface area contributed by atoms with E-state index in [1.165, 1.54) is 0 Å². The van der Waals surface area contributed by atoms with Crippen molar-refractivity contribution in [2.24, 2.45) is 0 Å². The van der Waals surface area contributed by atoms with Crippen LogP contribution in [0.25, 0.3) is 5.69 Å². The van der Waals surface area contributed by atoms with E-state index in [2.05, 4.69) is 10.2 Å². The summed E-state index contributed by atoms with van der Waals surface area (Å²) in [4.78, 5) is 10.8. The van der Waals surface area contributed by atoms with Crippen LogP contribution in [0, 0.1) is 6.92 Å². The van der Waals surface area contributed by atoms with Crippen LogP contribution in [0.1, 0.15) is 31.2 Å². The van der Waals surface area contributed by atoms with Crippen LogP contribution in [0.15, 0.2) is 23.4 Å². The number of hydrogen-bond acceptors (Lipinski definition) is 4. The molecule has 0 saturated carbocycles. The van der Waals surface area contributed by atoms with E-state index in [1.807, 2.05) is 43.5 Å². The van der Waals surface area contributed by atoms with Gasteiger partial charge in [0.2, 0.25) is 0 Å². The molecule has 0 aliphatic rings. The fraction of sp³-hybridized carbons (Fsp3) is 0.357. The summed E-state index contributed by atoms with van der Waals surface area (Å²) in [5.74, 6) is 0.00215. The zero-order valence-corrected chi connectivity index (χ0v) is 13.6. The molecule has 1 aromatic heterocycles. The minimum absolute atomic E-state index is 0.0597. The number of thioether (sulfide) groups is 1. The maximum absolute atomic E-state index is 10.8. The Morgan fingerprint density at radius 1 is 1.43 bits per heavy atom. The summed E-state index contributed by atoms with van der Waals surface area (Å²) in [5.41, 5.74) is 1.79. The number of aromatic nitrogens is 3. The summed E-state index contributed by atoms with van der Waals surface area (Å²) >= 11 is 7.34. The molecule has 1 heterocycles. The van der Waals surface area contributed by atoms with Gasteiger partial charge in [0, 0.05) is 10.9 Å². The lowest BCUT2D eigenvalue weighted by Gasteiger charge is -2.14. The van der Waals surface area contributed by atoms with Crippen molar-refractivity contribution in [2.45, 2.75) is 31.8 Å². The molecule has 0 fully saturated rings. The Morgan fingerprint density at radius 2 is 2.14 bits per heavy atom. The van der Waals surface area contributed by atoms with Crippen molar-refractivity contribution in [2.75, 3.05) is 5.75 Å². The molecular formula is C14H16ClN3O2S. The summed E-state index contributed by atoms with van der Waals surface area (Å²) in [6.45, 7) is 5.96. The lowest BCUT2D eigenvalue weighted by atomic mass is 10.1. The minimum Gasteiger partial charge on any atom is -0.481 e. The van der Waals surface area contributed by atoms with Gasteiger partial charge in [-0.05, 0) is 24.6 Å². The van der Waals surface area contributed by atoms with Crippen molar-refractivity contribution >= 4 is 29.3 Å². The van der Waals surface area contributed by atoms with E-state index in [1.54, 1.807) is 0 Å². The first-order valence-corrected chi connectivity index (χ1v) is 7.83. The van der Waals surface area contributed by atoms with Gasteiger partial charge in [-0.25, -0.2) is 0 Å². The molecule has 112 valence electrons. The molecule has 2 rings (SSSR count). The van der Waals surface area contributed by atoms with Crippen LogP contribution in [-0.2, 0) is 4.79 Å². The maximum atomic E-state index is 10.8. The number of halogens is 1. The molecule has 0 amide bonds. The van der Waals surface area contributed by atoms with Crippen molar-refractivity contribution in [3.63, 3.8) is 0 Å². The molecule has 0 aliphatic carbocycles. The first-order chi connectivity index (χ1) is 9.91. The highest BCUT2D eigenvalue weighted by molar-refractivity contribution is 7.99. The molecule has 0 atom stereocenters. The third kappa shape index (κ3) is 3.39. The second-order valence-corrected chi connectivity index (χ2v) is 6.25. The van der Waals surface area contributed by atoms with E-state index >= 15 is 0 Å². The quantitative estimate of drug-likeness (QED) is 0.852. The van der Waals surface area contributed by atoms with Gasteiger partial charge in [0.05, 0.1) is 11.4 Å². The maximum Gasteiger partial charge on any atom is 0.313 e. The third-order valence-electron chi connectivity index (χ3n) is 2.98. The predicted molar refractivity (Wildman–Crippen MR) is 83.6 cm³/mol. The van der Waals surface area contributed by atoms with Crippen LogP contribution < -0.4 is 0 Å². The second-order valence-electron chi connectivity index (χ2n) is 4.90. The van der Waals surface area contributed by atoms with Crippen LogP contribution >= 0.6 is 23.4 Å². The van der Waals surface area contributed by atoms with Gasteiger partial charge in [-0.3, -0.25) is 9.36 Å². The first-order valence-electron chi connectivity index (χ1n) is 6.47. The van der Waals surface area contributed by atoms with Crippen LogP contribution in [-0.4, -0.2) is 31.6 Å². The molecule has 0 aliphatic heterocycles. The van der Waals surface area contributed by atoms with Gasteiger partial charge in [-0.15, -0.1) is 10.2 Å². The molecule has 1 aromatic carbocycles. The fourth-order valence-electron chi connectivity index (χ4n) is 1.94. The molecule has 7 heteroatoms. The van der Waals surface area contributed by atoms with Crippen LogP contribution in [0.2, 0.25) is 5.02 Å². The fourth-order valence-corrected chi connectivity index (χ4v) is 2.78. The van der Waals surface area contributed by atoms with E-state index in [-0.39, 0.29) is 11.7 Å². The number of carbonyl (C=O) groups is 1. The Hall–Kier alpha value is -1.53. The van der Waals surface area contributed by atoms with Crippen molar-refractivity contribution in [1.82, 2.24) is 14.8 Å². The number of carboxylic acids is 1. The number of nitrogens with zero attached hydrogens (tertiary/aromatic N) is 3. The largest absolute Gasteiger partial charge is 0.481 e.